The van der Waals surface area contributed by atoms with Crippen LogP contribution in [0.4, 0.5) is 10.5 Å². The molecule has 0 bridgehead atoms. The lowest BCUT2D eigenvalue weighted by Crippen LogP contribution is -2.42. The van der Waals surface area contributed by atoms with Gasteiger partial charge >= 0.3 is 6.03 Å². The Balaban J connectivity index is 1.39. The van der Waals surface area contributed by atoms with Crippen LogP contribution in [0.2, 0.25) is 0 Å². The van der Waals surface area contributed by atoms with E-state index in [1.165, 1.54) is 5.57 Å². The van der Waals surface area contributed by atoms with Gasteiger partial charge in [-0.05, 0) is 48.2 Å². The van der Waals surface area contributed by atoms with Crippen molar-refractivity contribution in [3.8, 4) is 11.6 Å². The molecule has 1 fully saturated rings. The number of benzene rings is 1. The number of likely N-dealkylation sites (tertiary alicyclic amines) is 1. The van der Waals surface area contributed by atoms with Gasteiger partial charge in [0.05, 0.1) is 11.9 Å². The summed E-state index contributed by atoms with van der Waals surface area (Å²) in [5.41, 5.74) is 3.12. The molecule has 1 aliphatic rings. The van der Waals surface area contributed by atoms with E-state index in [1.54, 1.807) is 24.7 Å². The van der Waals surface area contributed by atoms with Crippen molar-refractivity contribution in [2.24, 2.45) is 5.92 Å². The molecule has 2 amide bonds. The van der Waals surface area contributed by atoms with Crippen LogP contribution in [0, 0.1) is 5.92 Å². The van der Waals surface area contributed by atoms with E-state index in [9.17, 15) is 4.79 Å². The molecule has 3 aromatic rings. The van der Waals surface area contributed by atoms with Crippen molar-refractivity contribution in [3.05, 3.63) is 84.3 Å². The Morgan fingerprint density at radius 3 is 2.87 bits per heavy atom. The van der Waals surface area contributed by atoms with E-state index in [0.717, 1.165) is 17.7 Å². The summed E-state index contributed by atoms with van der Waals surface area (Å²) in [4.78, 5) is 22.6. The SMILES string of the molecule is CC1CN(C(=O)Nc2cccnc2)CCC1=Cc1cccc(Oc2ccccn2)c1. The molecule has 3 heterocycles. The summed E-state index contributed by atoms with van der Waals surface area (Å²) in [6, 6.07) is 17.1. The van der Waals surface area contributed by atoms with Crippen LogP contribution in [0.1, 0.15) is 18.9 Å². The van der Waals surface area contributed by atoms with Gasteiger partial charge in [-0.2, -0.15) is 0 Å². The standard InChI is InChI=1S/C24H24N4O2/c1-18-17-28(24(29)27-21-7-5-11-25-16-21)13-10-20(18)14-19-6-4-8-22(15-19)30-23-9-2-3-12-26-23/h2-9,11-12,14-16,18H,10,13,17H2,1H3,(H,27,29). The number of urea groups is 1. The number of carbonyl (C=O) groups is 1. The molecule has 0 aliphatic carbocycles. The van der Waals surface area contributed by atoms with Crippen LogP contribution in [-0.2, 0) is 0 Å². The summed E-state index contributed by atoms with van der Waals surface area (Å²) in [6.45, 7) is 3.53. The summed E-state index contributed by atoms with van der Waals surface area (Å²) in [6.07, 6.45) is 8.09. The number of ether oxygens (including phenoxy) is 1. The third-order valence-electron chi connectivity index (χ3n) is 5.07. The number of aromatic nitrogens is 2. The minimum Gasteiger partial charge on any atom is -0.439 e. The predicted octanol–water partition coefficient (Wildman–Crippen LogP) is 5.23. The highest BCUT2D eigenvalue weighted by atomic mass is 16.5. The number of rotatable bonds is 4. The Kier molecular flexibility index (Phi) is 6.03. The summed E-state index contributed by atoms with van der Waals surface area (Å²) >= 11 is 0. The second-order valence-corrected chi connectivity index (χ2v) is 7.33. The summed E-state index contributed by atoms with van der Waals surface area (Å²) in [7, 11) is 0. The van der Waals surface area contributed by atoms with Crippen molar-refractivity contribution >= 4 is 17.8 Å². The van der Waals surface area contributed by atoms with Crippen molar-refractivity contribution in [2.45, 2.75) is 13.3 Å². The zero-order chi connectivity index (χ0) is 20.8. The van der Waals surface area contributed by atoms with Crippen LogP contribution in [0.15, 0.2) is 78.8 Å². The van der Waals surface area contributed by atoms with Gasteiger partial charge in [-0.3, -0.25) is 4.98 Å². The first-order valence-corrected chi connectivity index (χ1v) is 10.0. The molecule has 0 spiro atoms. The monoisotopic (exact) mass is 400 g/mol. The maximum atomic E-state index is 12.5. The molecule has 30 heavy (non-hydrogen) atoms. The van der Waals surface area contributed by atoms with Gasteiger partial charge in [0.15, 0.2) is 0 Å². The van der Waals surface area contributed by atoms with E-state index >= 15 is 0 Å². The van der Waals surface area contributed by atoms with Gasteiger partial charge in [-0.15, -0.1) is 0 Å². The van der Waals surface area contributed by atoms with Crippen LogP contribution in [0.5, 0.6) is 11.6 Å². The lowest BCUT2D eigenvalue weighted by atomic mass is 9.91. The third-order valence-corrected chi connectivity index (χ3v) is 5.07. The van der Waals surface area contributed by atoms with E-state index in [0.29, 0.717) is 24.7 Å². The molecular weight excluding hydrogens is 376 g/mol. The summed E-state index contributed by atoms with van der Waals surface area (Å²) < 4.78 is 5.83. The number of hydrogen-bond donors (Lipinski definition) is 1. The highest BCUT2D eigenvalue weighted by Crippen LogP contribution is 2.27. The van der Waals surface area contributed by atoms with E-state index < -0.39 is 0 Å². The van der Waals surface area contributed by atoms with Crippen molar-refractivity contribution in [1.29, 1.82) is 0 Å². The average Bonchev–Trinajstić information content (AvgIpc) is 2.77. The van der Waals surface area contributed by atoms with Crippen LogP contribution in [0.25, 0.3) is 6.08 Å². The van der Waals surface area contributed by atoms with Gasteiger partial charge < -0.3 is 15.0 Å². The summed E-state index contributed by atoms with van der Waals surface area (Å²) in [5, 5.41) is 2.91. The summed E-state index contributed by atoms with van der Waals surface area (Å²) in [5.74, 6) is 1.60. The number of amides is 2. The molecule has 0 radical (unpaired) electrons. The van der Waals surface area contributed by atoms with Crippen LogP contribution >= 0.6 is 0 Å². The highest BCUT2D eigenvalue weighted by molar-refractivity contribution is 5.89. The largest absolute Gasteiger partial charge is 0.439 e. The van der Waals surface area contributed by atoms with Gasteiger partial charge in [0.2, 0.25) is 5.88 Å². The molecule has 4 rings (SSSR count). The molecular formula is C24H24N4O2. The first-order valence-electron chi connectivity index (χ1n) is 10.0. The maximum Gasteiger partial charge on any atom is 0.321 e. The smallest absolute Gasteiger partial charge is 0.321 e. The molecule has 6 nitrogen and oxygen atoms in total. The van der Waals surface area contributed by atoms with Gasteiger partial charge in [-0.1, -0.05) is 36.8 Å². The minimum atomic E-state index is -0.0836. The average molecular weight is 400 g/mol. The molecule has 1 unspecified atom stereocenters. The number of pyridine rings is 2. The number of nitrogens with zero attached hydrogens (tertiary/aromatic N) is 3. The molecule has 1 aromatic carbocycles. The zero-order valence-electron chi connectivity index (χ0n) is 16.9. The number of piperidine rings is 1. The van der Waals surface area contributed by atoms with E-state index in [4.69, 9.17) is 4.74 Å². The number of nitrogens with one attached hydrogen (secondary N) is 1. The number of hydrogen-bond acceptors (Lipinski definition) is 4. The van der Waals surface area contributed by atoms with Crippen LogP contribution in [-0.4, -0.2) is 34.0 Å². The molecule has 1 atom stereocenters. The number of anilines is 1. The second kappa shape index (κ2) is 9.22. The van der Waals surface area contributed by atoms with Gasteiger partial charge in [0, 0.05) is 31.5 Å². The van der Waals surface area contributed by atoms with E-state index in [-0.39, 0.29) is 11.9 Å². The third kappa shape index (κ3) is 5.03. The van der Waals surface area contributed by atoms with Crippen LogP contribution in [0.3, 0.4) is 0 Å². The number of carbonyl (C=O) groups excluding carboxylic acids is 1. The van der Waals surface area contributed by atoms with Crippen molar-refractivity contribution < 1.29 is 9.53 Å². The molecule has 1 N–H and O–H groups in total. The fraction of sp³-hybridized carbons (Fsp3) is 0.208. The van der Waals surface area contributed by atoms with Crippen molar-refractivity contribution in [3.63, 3.8) is 0 Å². The lowest BCUT2D eigenvalue weighted by Gasteiger charge is -2.33. The minimum absolute atomic E-state index is 0.0836. The first-order chi connectivity index (χ1) is 14.7. The normalized spacial score (nSPS) is 17.6. The molecule has 152 valence electrons. The first kappa shape index (κ1) is 19.6. The van der Waals surface area contributed by atoms with E-state index in [2.05, 4.69) is 34.4 Å². The molecule has 0 saturated carbocycles. The fourth-order valence-electron chi connectivity index (χ4n) is 3.50. The highest BCUT2D eigenvalue weighted by Gasteiger charge is 2.24. The molecule has 2 aromatic heterocycles. The Morgan fingerprint density at radius 2 is 2.10 bits per heavy atom. The van der Waals surface area contributed by atoms with Crippen LogP contribution < -0.4 is 10.1 Å². The maximum absolute atomic E-state index is 12.5. The quantitative estimate of drug-likeness (QED) is 0.651. The second-order valence-electron chi connectivity index (χ2n) is 7.33. The van der Waals surface area contributed by atoms with Gasteiger partial charge in [0.1, 0.15) is 5.75 Å². The van der Waals surface area contributed by atoms with Crippen molar-refractivity contribution in [2.75, 3.05) is 18.4 Å². The Morgan fingerprint density at radius 1 is 1.17 bits per heavy atom. The van der Waals surface area contributed by atoms with Gasteiger partial charge in [-0.25, -0.2) is 9.78 Å². The fourth-order valence-corrected chi connectivity index (χ4v) is 3.50. The van der Waals surface area contributed by atoms with Crippen molar-refractivity contribution in [1.82, 2.24) is 14.9 Å². The topological polar surface area (TPSA) is 67.4 Å². The Hall–Kier alpha value is -3.67. The lowest BCUT2D eigenvalue weighted by molar-refractivity contribution is 0.198. The molecule has 1 saturated heterocycles. The predicted molar refractivity (Wildman–Crippen MR) is 117 cm³/mol. The zero-order valence-corrected chi connectivity index (χ0v) is 16.9. The molecule has 6 heteroatoms. The van der Waals surface area contributed by atoms with E-state index in [1.807, 2.05) is 47.4 Å². The molecule has 1 aliphatic heterocycles. The Bertz CT molecular complexity index is 1020. The van der Waals surface area contributed by atoms with Gasteiger partial charge in [0.25, 0.3) is 0 Å². The Labute approximate surface area is 176 Å².